The maximum Gasteiger partial charge on any atom is 0.257 e. The summed E-state index contributed by atoms with van der Waals surface area (Å²) in [6, 6.07) is 5.40. The summed E-state index contributed by atoms with van der Waals surface area (Å²) in [6.45, 7) is 0.738. The molecule has 150 valence electrons. The largest absolute Gasteiger partial charge is 0.379 e. The van der Waals surface area contributed by atoms with Gasteiger partial charge in [-0.1, -0.05) is 29.3 Å². The molecule has 28 heavy (non-hydrogen) atoms. The van der Waals surface area contributed by atoms with E-state index < -0.39 is 33.3 Å². The second kappa shape index (κ2) is 8.30. The summed E-state index contributed by atoms with van der Waals surface area (Å²) >= 11 is 12.1. The van der Waals surface area contributed by atoms with Crippen molar-refractivity contribution in [3.8, 4) is 0 Å². The molecule has 0 radical (unpaired) electrons. The number of benzene rings is 2. The Kier molecular flexibility index (Phi) is 6.21. The molecule has 1 amide bonds. The van der Waals surface area contributed by atoms with Gasteiger partial charge in [-0.05, 0) is 24.3 Å². The van der Waals surface area contributed by atoms with Gasteiger partial charge in [-0.25, -0.2) is 17.2 Å². The number of hydrogen-bond donors (Lipinski definition) is 1. The number of carbonyl (C=O) groups excluding carboxylic acids is 1. The smallest absolute Gasteiger partial charge is 0.257 e. The third-order valence-electron chi connectivity index (χ3n) is 4.05. The number of nitrogens with zero attached hydrogens (tertiary/aromatic N) is 1. The Morgan fingerprint density at radius 1 is 1.11 bits per heavy atom. The van der Waals surface area contributed by atoms with E-state index in [2.05, 4.69) is 5.32 Å². The molecule has 3 rings (SSSR count). The lowest BCUT2D eigenvalue weighted by Crippen LogP contribution is -2.40. The van der Waals surface area contributed by atoms with Gasteiger partial charge in [-0.2, -0.15) is 4.31 Å². The number of carbonyl (C=O) groups is 1. The van der Waals surface area contributed by atoms with Crippen molar-refractivity contribution >= 4 is 44.8 Å². The van der Waals surface area contributed by atoms with Crippen LogP contribution in [0.1, 0.15) is 10.4 Å². The SMILES string of the molecule is O=C(Nc1cccc(F)c1F)c1cc(S(=O)(=O)N2CCOCC2)c(Cl)cc1Cl. The predicted octanol–water partition coefficient (Wildman–Crippen LogP) is 3.54. The zero-order valence-corrected chi connectivity index (χ0v) is 16.5. The van der Waals surface area contributed by atoms with Crippen molar-refractivity contribution < 1.29 is 26.7 Å². The van der Waals surface area contributed by atoms with Crippen LogP contribution in [0.2, 0.25) is 10.0 Å². The van der Waals surface area contributed by atoms with Gasteiger partial charge < -0.3 is 10.1 Å². The highest BCUT2D eigenvalue weighted by Gasteiger charge is 2.30. The summed E-state index contributed by atoms with van der Waals surface area (Å²) in [5.74, 6) is -3.30. The number of halogens is 4. The topological polar surface area (TPSA) is 75.7 Å². The second-order valence-corrected chi connectivity index (χ2v) is 8.56. The standard InChI is InChI=1S/C17H14Cl2F2N2O4S/c18-11-9-12(19)15(28(25,26)23-4-6-27-7-5-23)8-10(11)17(24)22-14-3-1-2-13(20)16(14)21/h1-3,8-9H,4-7H2,(H,22,24). The first-order valence-electron chi connectivity index (χ1n) is 8.04. The van der Waals surface area contributed by atoms with Crippen molar-refractivity contribution in [1.29, 1.82) is 0 Å². The first kappa shape index (κ1) is 20.9. The number of nitrogens with one attached hydrogen (secondary N) is 1. The molecule has 1 saturated heterocycles. The Morgan fingerprint density at radius 2 is 1.79 bits per heavy atom. The van der Waals surface area contributed by atoms with Crippen LogP contribution in [0.5, 0.6) is 0 Å². The molecule has 0 aromatic heterocycles. The zero-order valence-electron chi connectivity index (χ0n) is 14.2. The van der Waals surface area contributed by atoms with Crippen molar-refractivity contribution in [2.24, 2.45) is 0 Å². The van der Waals surface area contributed by atoms with Crippen LogP contribution < -0.4 is 5.32 Å². The van der Waals surface area contributed by atoms with Crippen molar-refractivity contribution in [3.63, 3.8) is 0 Å². The minimum Gasteiger partial charge on any atom is -0.379 e. The molecule has 1 aliphatic heterocycles. The third kappa shape index (κ3) is 4.13. The maximum atomic E-state index is 13.8. The van der Waals surface area contributed by atoms with E-state index in [0.717, 1.165) is 24.3 Å². The van der Waals surface area contributed by atoms with Gasteiger partial charge in [0.25, 0.3) is 5.91 Å². The zero-order chi connectivity index (χ0) is 20.5. The normalized spacial score (nSPS) is 15.4. The number of sulfonamides is 1. The lowest BCUT2D eigenvalue weighted by Gasteiger charge is -2.26. The number of rotatable bonds is 4. The molecule has 2 aromatic carbocycles. The van der Waals surface area contributed by atoms with E-state index in [1.54, 1.807) is 0 Å². The highest BCUT2D eigenvalue weighted by Crippen LogP contribution is 2.31. The summed E-state index contributed by atoms with van der Waals surface area (Å²) in [5.41, 5.74) is -0.657. The van der Waals surface area contributed by atoms with Crippen LogP contribution in [0.25, 0.3) is 0 Å². The van der Waals surface area contributed by atoms with Gasteiger partial charge in [-0.15, -0.1) is 0 Å². The van der Waals surface area contributed by atoms with Gasteiger partial charge in [0.1, 0.15) is 4.90 Å². The molecule has 0 spiro atoms. The Balaban J connectivity index is 1.97. The van der Waals surface area contributed by atoms with E-state index in [9.17, 15) is 22.0 Å². The first-order valence-corrected chi connectivity index (χ1v) is 10.2. The molecule has 0 atom stereocenters. The van der Waals surface area contributed by atoms with E-state index in [1.807, 2.05) is 0 Å². The summed E-state index contributed by atoms with van der Waals surface area (Å²) < 4.78 is 59.1. The fourth-order valence-corrected chi connectivity index (χ4v) is 4.86. The molecule has 0 saturated carbocycles. The highest BCUT2D eigenvalue weighted by atomic mass is 35.5. The molecular formula is C17H14Cl2F2N2O4S. The fraction of sp³-hybridized carbons (Fsp3) is 0.235. The summed E-state index contributed by atoms with van der Waals surface area (Å²) in [7, 11) is -4.00. The lowest BCUT2D eigenvalue weighted by atomic mass is 10.2. The summed E-state index contributed by atoms with van der Waals surface area (Å²) in [4.78, 5) is 12.2. The van der Waals surface area contributed by atoms with Crippen molar-refractivity contribution in [3.05, 3.63) is 57.6 Å². The molecule has 1 fully saturated rings. The Bertz CT molecular complexity index is 1030. The van der Waals surface area contributed by atoms with Crippen molar-refractivity contribution in [1.82, 2.24) is 4.31 Å². The minimum absolute atomic E-state index is 0.136. The van der Waals surface area contributed by atoms with Crippen LogP contribution in [-0.2, 0) is 14.8 Å². The average Bonchev–Trinajstić information content (AvgIpc) is 2.66. The molecule has 1 heterocycles. The van der Waals surface area contributed by atoms with E-state index in [-0.39, 0.29) is 46.8 Å². The Morgan fingerprint density at radius 3 is 2.46 bits per heavy atom. The van der Waals surface area contributed by atoms with E-state index in [1.165, 1.54) is 10.4 Å². The number of hydrogen-bond acceptors (Lipinski definition) is 4. The van der Waals surface area contributed by atoms with Gasteiger partial charge >= 0.3 is 0 Å². The molecule has 2 aromatic rings. The second-order valence-electron chi connectivity index (χ2n) is 5.83. The average molecular weight is 451 g/mol. The number of anilines is 1. The minimum atomic E-state index is -4.00. The molecule has 6 nitrogen and oxygen atoms in total. The summed E-state index contributed by atoms with van der Waals surface area (Å²) in [6.07, 6.45) is 0. The Labute approximate surface area is 170 Å². The van der Waals surface area contributed by atoms with E-state index >= 15 is 0 Å². The molecule has 11 heteroatoms. The van der Waals surface area contributed by atoms with Gasteiger partial charge in [-0.3, -0.25) is 4.79 Å². The van der Waals surface area contributed by atoms with E-state index in [0.29, 0.717) is 0 Å². The first-order chi connectivity index (χ1) is 13.2. The van der Waals surface area contributed by atoms with Crippen LogP contribution in [0.4, 0.5) is 14.5 Å². The van der Waals surface area contributed by atoms with Crippen LogP contribution in [0, 0.1) is 11.6 Å². The van der Waals surface area contributed by atoms with Crippen molar-refractivity contribution in [2.75, 3.05) is 31.6 Å². The maximum absolute atomic E-state index is 13.8. The van der Waals surface area contributed by atoms with Crippen LogP contribution in [0.3, 0.4) is 0 Å². The summed E-state index contributed by atoms with van der Waals surface area (Å²) in [5, 5.41) is 1.88. The monoisotopic (exact) mass is 450 g/mol. The number of morpholine rings is 1. The number of ether oxygens (including phenoxy) is 1. The van der Waals surface area contributed by atoms with Gasteiger partial charge in [0.15, 0.2) is 11.6 Å². The molecule has 0 unspecified atom stereocenters. The molecule has 0 aliphatic carbocycles. The fourth-order valence-electron chi connectivity index (χ4n) is 2.62. The third-order valence-corrected chi connectivity index (χ3v) is 6.73. The highest BCUT2D eigenvalue weighted by molar-refractivity contribution is 7.89. The quantitative estimate of drug-likeness (QED) is 0.772. The van der Waals surface area contributed by atoms with Crippen LogP contribution in [0.15, 0.2) is 35.2 Å². The number of amides is 1. The molecule has 0 bridgehead atoms. The predicted molar refractivity (Wildman–Crippen MR) is 100 cm³/mol. The van der Waals surface area contributed by atoms with Crippen molar-refractivity contribution in [2.45, 2.75) is 4.90 Å². The molecular weight excluding hydrogens is 437 g/mol. The van der Waals surface area contributed by atoms with Crippen LogP contribution >= 0.6 is 23.2 Å². The lowest BCUT2D eigenvalue weighted by molar-refractivity contribution is 0.0730. The molecule has 1 N–H and O–H groups in total. The van der Waals surface area contributed by atoms with Gasteiger partial charge in [0.2, 0.25) is 10.0 Å². The van der Waals surface area contributed by atoms with Crippen LogP contribution in [-0.4, -0.2) is 44.9 Å². The molecule has 1 aliphatic rings. The van der Waals surface area contributed by atoms with Gasteiger partial charge in [0, 0.05) is 13.1 Å². The van der Waals surface area contributed by atoms with E-state index in [4.69, 9.17) is 27.9 Å². The Hall–Kier alpha value is -1.78. The van der Waals surface area contributed by atoms with Gasteiger partial charge in [0.05, 0.1) is 34.5 Å².